The van der Waals surface area contributed by atoms with Gasteiger partial charge in [-0.1, -0.05) is 18.6 Å². The SMILES string of the molecule is NCC1(Cc2cccc(O)c2)CC2CCC1C2. The minimum absolute atomic E-state index is 0.316. The first-order valence-electron chi connectivity index (χ1n) is 6.70. The molecule has 0 amide bonds. The van der Waals surface area contributed by atoms with Crippen LogP contribution in [0, 0.1) is 17.3 Å². The van der Waals surface area contributed by atoms with E-state index in [2.05, 4.69) is 6.07 Å². The fourth-order valence-electron chi connectivity index (χ4n) is 4.17. The molecule has 17 heavy (non-hydrogen) atoms. The van der Waals surface area contributed by atoms with Gasteiger partial charge in [0, 0.05) is 0 Å². The summed E-state index contributed by atoms with van der Waals surface area (Å²) in [5.41, 5.74) is 7.63. The second-order valence-corrected chi connectivity index (χ2v) is 5.99. The Morgan fingerprint density at radius 3 is 2.82 bits per heavy atom. The van der Waals surface area contributed by atoms with Crippen molar-refractivity contribution in [3.8, 4) is 5.75 Å². The van der Waals surface area contributed by atoms with Crippen molar-refractivity contribution in [2.24, 2.45) is 23.0 Å². The van der Waals surface area contributed by atoms with Crippen molar-refractivity contribution in [1.82, 2.24) is 0 Å². The normalized spacial score (nSPS) is 35.4. The minimum Gasteiger partial charge on any atom is -0.508 e. The number of nitrogens with two attached hydrogens (primary N) is 1. The number of fused-ring (bicyclic) bond motifs is 2. The van der Waals surface area contributed by atoms with Crippen LogP contribution in [0.5, 0.6) is 5.75 Å². The van der Waals surface area contributed by atoms with Crippen molar-refractivity contribution >= 4 is 0 Å². The van der Waals surface area contributed by atoms with E-state index < -0.39 is 0 Å². The summed E-state index contributed by atoms with van der Waals surface area (Å²) in [6.45, 7) is 0.795. The molecule has 3 rings (SSSR count). The third kappa shape index (κ3) is 1.85. The third-order valence-corrected chi connectivity index (χ3v) is 4.98. The van der Waals surface area contributed by atoms with Crippen LogP contribution < -0.4 is 5.73 Å². The molecule has 0 aliphatic heterocycles. The van der Waals surface area contributed by atoms with E-state index in [1.807, 2.05) is 12.1 Å². The number of benzene rings is 1. The van der Waals surface area contributed by atoms with E-state index in [4.69, 9.17) is 5.73 Å². The summed E-state index contributed by atoms with van der Waals surface area (Å²) < 4.78 is 0. The standard InChI is InChI=1S/C15H21NO/c16-10-15(9-12-4-5-13(15)6-12)8-11-2-1-3-14(17)7-11/h1-3,7,12-13,17H,4-6,8-10,16H2. The van der Waals surface area contributed by atoms with E-state index in [-0.39, 0.29) is 0 Å². The Hall–Kier alpha value is -1.02. The summed E-state index contributed by atoms with van der Waals surface area (Å²) in [5, 5.41) is 9.54. The van der Waals surface area contributed by atoms with Gasteiger partial charge in [0.15, 0.2) is 0 Å². The number of rotatable bonds is 3. The Labute approximate surface area is 103 Å². The molecular weight excluding hydrogens is 210 g/mol. The molecule has 2 heteroatoms. The van der Waals surface area contributed by atoms with E-state index in [1.54, 1.807) is 6.07 Å². The Bertz CT molecular complexity index is 417. The van der Waals surface area contributed by atoms with Gasteiger partial charge in [-0.25, -0.2) is 0 Å². The van der Waals surface area contributed by atoms with Crippen LogP contribution in [0.1, 0.15) is 31.2 Å². The first kappa shape index (κ1) is 11.1. The van der Waals surface area contributed by atoms with Gasteiger partial charge in [-0.2, -0.15) is 0 Å². The number of hydrogen-bond donors (Lipinski definition) is 2. The molecule has 0 radical (unpaired) electrons. The number of hydrogen-bond acceptors (Lipinski definition) is 2. The first-order valence-corrected chi connectivity index (χ1v) is 6.70. The molecule has 3 atom stereocenters. The summed E-state index contributed by atoms with van der Waals surface area (Å²) in [6.07, 6.45) is 6.49. The molecule has 2 nitrogen and oxygen atoms in total. The average Bonchev–Trinajstić information content (AvgIpc) is 2.89. The van der Waals surface area contributed by atoms with Crippen LogP contribution in [-0.4, -0.2) is 11.7 Å². The third-order valence-electron chi connectivity index (χ3n) is 4.98. The van der Waals surface area contributed by atoms with E-state index >= 15 is 0 Å². The van der Waals surface area contributed by atoms with Gasteiger partial charge < -0.3 is 10.8 Å². The molecule has 3 unspecified atom stereocenters. The lowest BCUT2D eigenvalue weighted by atomic mass is 9.69. The maximum Gasteiger partial charge on any atom is 0.115 e. The van der Waals surface area contributed by atoms with Crippen molar-refractivity contribution in [3.63, 3.8) is 0 Å². The van der Waals surface area contributed by atoms with Gasteiger partial charge in [-0.3, -0.25) is 0 Å². The zero-order valence-electron chi connectivity index (χ0n) is 10.2. The Kier molecular flexibility index (Phi) is 2.62. The number of aromatic hydroxyl groups is 1. The van der Waals surface area contributed by atoms with Crippen LogP contribution in [0.25, 0.3) is 0 Å². The molecule has 3 N–H and O–H groups in total. The highest BCUT2D eigenvalue weighted by Crippen LogP contribution is 2.56. The molecule has 0 heterocycles. The van der Waals surface area contributed by atoms with E-state index in [0.29, 0.717) is 11.2 Å². The maximum absolute atomic E-state index is 9.54. The molecule has 0 saturated heterocycles. The van der Waals surface area contributed by atoms with Gasteiger partial charge in [0.05, 0.1) is 0 Å². The molecule has 0 spiro atoms. The molecule has 1 aromatic rings. The second kappa shape index (κ2) is 4.02. The van der Waals surface area contributed by atoms with E-state index in [9.17, 15) is 5.11 Å². The van der Waals surface area contributed by atoms with Crippen molar-refractivity contribution < 1.29 is 5.11 Å². The highest BCUT2D eigenvalue weighted by Gasteiger charge is 2.49. The van der Waals surface area contributed by atoms with Crippen LogP contribution >= 0.6 is 0 Å². The van der Waals surface area contributed by atoms with Crippen LogP contribution in [0.15, 0.2) is 24.3 Å². The zero-order valence-corrected chi connectivity index (χ0v) is 10.2. The minimum atomic E-state index is 0.316. The van der Waals surface area contributed by atoms with Crippen LogP contribution in [0.3, 0.4) is 0 Å². The van der Waals surface area contributed by atoms with Crippen molar-refractivity contribution in [1.29, 1.82) is 0 Å². The Morgan fingerprint density at radius 1 is 1.35 bits per heavy atom. The molecule has 1 aromatic carbocycles. The lowest BCUT2D eigenvalue weighted by molar-refractivity contribution is 0.171. The zero-order chi connectivity index (χ0) is 11.9. The fourth-order valence-corrected chi connectivity index (χ4v) is 4.17. The molecule has 92 valence electrons. The lowest BCUT2D eigenvalue weighted by Gasteiger charge is -2.37. The molecular formula is C15H21NO. The monoisotopic (exact) mass is 231 g/mol. The molecule has 2 bridgehead atoms. The summed E-state index contributed by atoms with van der Waals surface area (Å²) in [5.74, 6) is 2.11. The van der Waals surface area contributed by atoms with Crippen molar-refractivity contribution in [2.75, 3.05) is 6.54 Å². The topological polar surface area (TPSA) is 46.2 Å². The Balaban J connectivity index is 1.83. The van der Waals surface area contributed by atoms with Crippen molar-refractivity contribution in [2.45, 2.75) is 32.1 Å². The summed E-state index contributed by atoms with van der Waals surface area (Å²) >= 11 is 0. The van der Waals surface area contributed by atoms with Gasteiger partial charge in [0.1, 0.15) is 5.75 Å². The molecule has 0 aromatic heterocycles. The number of phenolic OH excluding ortho intramolecular Hbond substituents is 1. The summed E-state index contributed by atoms with van der Waals surface area (Å²) in [7, 11) is 0. The predicted octanol–water partition coefficient (Wildman–Crippen LogP) is 2.70. The quantitative estimate of drug-likeness (QED) is 0.840. The maximum atomic E-state index is 9.54. The highest BCUT2D eigenvalue weighted by atomic mass is 16.3. The average molecular weight is 231 g/mol. The highest BCUT2D eigenvalue weighted by molar-refractivity contribution is 5.28. The van der Waals surface area contributed by atoms with Gasteiger partial charge in [-0.15, -0.1) is 0 Å². The van der Waals surface area contributed by atoms with Crippen LogP contribution in [-0.2, 0) is 6.42 Å². The molecule has 2 fully saturated rings. The van der Waals surface area contributed by atoms with Crippen molar-refractivity contribution in [3.05, 3.63) is 29.8 Å². The summed E-state index contributed by atoms with van der Waals surface area (Å²) in [6, 6.07) is 7.67. The molecule has 2 aliphatic carbocycles. The van der Waals surface area contributed by atoms with Gasteiger partial charge >= 0.3 is 0 Å². The van der Waals surface area contributed by atoms with Crippen LogP contribution in [0.4, 0.5) is 0 Å². The smallest absolute Gasteiger partial charge is 0.115 e. The number of phenols is 1. The summed E-state index contributed by atoms with van der Waals surface area (Å²) in [4.78, 5) is 0. The second-order valence-electron chi connectivity index (χ2n) is 5.99. The largest absolute Gasteiger partial charge is 0.508 e. The predicted molar refractivity (Wildman–Crippen MR) is 68.7 cm³/mol. The lowest BCUT2D eigenvalue weighted by Crippen LogP contribution is -2.37. The van der Waals surface area contributed by atoms with Gasteiger partial charge in [0.25, 0.3) is 0 Å². The first-order chi connectivity index (χ1) is 8.22. The molecule has 2 aliphatic rings. The van der Waals surface area contributed by atoms with Gasteiger partial charge in [-0.05, 0) is 67.2 Å². The van der Waals surface area contributed by atoms with Gasteiger partial charge in [0.2, 0.25) is 0 Å². The van der Waals surface area contributed by atoms with E-state index in [0.717, 1.165) is 24.8 Å². The fraction of sp³-hybridized carbons (Fsp3) is 0.600. The van der Waals surface area contributed by atoms with Crippen LogP contribution in [0.2, 0.25) is 0 Å². The van der Waals surface area contributed by atoms with E-state index in [1.165, 1.54) is 31.2 Å². The molecule has 2 saturated carbocycles. The Morgan fingerprint density at radius 2 is 2.24 bits per heavy atom.